The van der Waals surface area contributed by atoms with Crippen LogP contribution in [0.4, 0.5) is 13.6 Å². The number of imide groups is 1. The van der Waals surface area contributed by atoms with Gasteiger partial charge in [0.15, 0.2) is 0 Å². The first-order valence-electron chi connectivity index (χ1n) is 10.8. The maximum Gasteiger partial charge on any atom is 0.325 e. The zero-order chi connectivity index (χ0) is 24.6. The number of hydrogen-bond acceptors (Lipinski definition) is 4. The van der Waals surface area contributed by atoms with Gasteiger partial charge < -0.3 is 15.1 Å². The van der Waals surface area contributed by atoms with Gasteiger partial charge in [0, 0.05) is 31.7 Å². The van der Waals surface area contributed by atoms with Crippen LogP contribution in [0.3, 0.4) is 0 Å². The minimum absolute atomic E-state index is 0.220. The van der Waals surface area contributed by atoms with Crippen LogP contribution >= 0.6 is 0 Å². The molecule has 1 N–H and O–H groups in total. The number of nitrogens with zero attached hydrogens (tertiary/aromatic N) is 3. The quantitative estimate of drug-likeness (QED) is 0.693. The summed E-state index contributed by atoms with van der Waals surface area (Å²) in [4.78, 5) is 54.8. The number of piperazine rings is 1. The van der Waals surface area contributed by atoms with Crippen molar-refractivity contribution in [2.24, 2.45) is 0 Å². The molecule has 0 radical (unpaired) electrons. The predicted molar refractivity (Wildman–Crippen MR) is 118 cm³/mol. The first-order chi connectivity index (χ1) is 16.1. The highest BCUT2D eigenvalue weighted by atomic mass is 19.1. The van der Waals surface area contributed by atoms with Crippen molar-refractivity contribution >= 4 is 23.8 Å². The minimum atomic E-state index is -1.40. The van der Waals surface area contributed by atoms with Crippen molar-refractivity contribution in [3.63, 3.8) is 0 Å². The molecule has 2 aromatic carbocycles. The molecule has 1 unspecified atom stereocenters. The monoisotopic (exact) mass is 470 g/mol. The first kappa shape index (κ1) is 23.3. The van der Waals surface area contributed by atoms with Crippen LogP contribution in [-0.2, 0) is 15.1 Å². The van der Waals surface area contributed by atoms with E-state index >= 15 is 0 Å². The molecule has 2 saturated heterocycles. The number of rotatable bonds is 4. The summed E-state index contributed by atoms with van der Waals surface area (Å²) in [7, 11) is 0. The average Bonchev–Trinajstić information content (AvgIpc) is 3.04. The lowest BCUT2D eigenvalue weighted by Gasteiger charge is -2.35. The Hall–Kier alpha value is -3.82. The van der Waals surface area contributed by atoms with E-state index in [0.717, 1.165) is 4.90 Å². The number of nitrogens with one attached hydrogen (secondary N) is 1. The molecule has 2 aromatic rings. The Morgan fingerprint density at radius 3 is 2.21 bits per heavy atom. The van der Waals surface area contributed by atoms with E-state index in [1.165, 1.54) is 47.1 Å². The number of amides is 5. The highest BCUT2D eigenvalue weighted by molar-refractivity contribution is 6.09. The third kappa shape index (κ3) is 4.23. The lowest BCUT2D eigenvalue weighted by molar-refractivity contribution is -0.139. The number of aryl methyl sites for hydroxylation is 1. The molecule has 2 fully saturated rings. The van der Waals surface area contributed by atoms with Crippen LogP contribution in [0.15, 0.2) is 42.5 Å². The fraction of sp³-hybridized carbons (Fsp3) is 0.333. The second kappa shape index (κ2) is 8.85. The van der Waals surface area contributed by atoms with Crippen molar-refractivity contribution in [3.8, 4) is 0 Å². The van der Waals surface area contributed by atoms with Gasteiger partial charge in [0.25, 0.3) is 11.8 Å². The van der Waals surface area contributed by atoms with Gasteiger partial charge in [-0.1, -0.05) is 18.2 Å². The van der Waals surface area contributed by atoms with Gasteiger partial charge >= 0.3 is 6.03 Å². The van der Waals surface area contributed by atoms with Crippen LogP contribution < -0.4 is 5.32 Å². The summed E-state index contributed by atoms with van der Waals surface area (Å²) >= 11 is 0. The Morgan fingerprint density at radius 1 is 0.971 bits per heavy atom. The molecule has 8 nitrogen and oxygen atoms in total. The summed E-state index contributed by atoms with van der Waals surface area (Å²) in [6.45, 7) is 3.60. The molecule has 0 saturated carbocycles. The van der Waals surface area contributed by atoms with Crippen LogP contribution in [0, 0.1) is 18.6 Å². The Balaban J connectivity index is 1.37. The van der Waals surface area contributed by atoms with E-state index in [4.69, 9.17) is 0 Å². The molecule has 4 rings (SSSR count). The van der Waals surface area contributed by atoms with Crippen molar-refractivity contribution in [3.05, 3.63) is 70.8 Å². The van der Waals surface area contributed by atoms with E-state index in [1.807, 2.05) is 0 Å². The lowest BCUT2D eigenvalue weighted by Crippen LogP contribution is -2.53. The number of carbonyl (C=O) groups excluding carboxylic acids is 4. The number of urea groups is 1. The van der Waals surface area contributed by atoms with Crippen molar-refractivity contribution in [1.82, 2.24) is 20.0 Å². The summed E-state index contributed by atoms with van der Waals surface area (Å²) in [5.74, 6) is -2.29. The highest BCUT2D eigenvalue weighted by Gasteiger charge is 2.49. The number of hydrogen-bond donors (Lipinski definition) is 1. The van der Waals surface area contributed by atoms with Crippen molar-refractivity contribution in [2.45, 2.75) is 19.4 Å². The Bertz CT molecular complexity index is 1160. The lowest BCUT2D eigenvalue weighted by atomic mass is 9.92. The van der Waals surface area contributed by atoms with Gasteiger partial charge in [-0.2, -0.15) is 0 Å². The molecule has 2 aliphatic heterocycles. The van der Waals surface area contributed by atoms with Crippen molar-refractivity contribution in [1.29, 1.82) is 0 Å². The molecule has 0 aliphatic carbocycles. The van der Waals surface area contributed by atoms with E-state index in [2.05, 4.69) is 5.32 Å². The number of benzene rings is 2. The molecule has 0 aromatic heterocycles. The molecule has 34 heavy (non-hydrogen) atoms. The second-order valence-corrected chi connectivity index (χ2v) is 8.59. The molecule has 2 heterocycles. The zero-order valence-corrected chi connectivity index (χ0v) is 18.8. The van der Waals surface area contributed by atoms with Gasteiger partial charge in [0.1, 0.15) is 23.7 Å². The molecular weight excluding hydrogens is 446 g/mol. The van der Waals surface area contributed by atoms with Gasteiger partial charge in [-0.05, 0) is 49.2 Å². The second-order valence-electron chi connectivity index (χ2n) is 8.59. The van der Waals surface area contributed by atoms with Crippen LogP contribution in [0.25, 0.3) is 0 Å². The van der Waals surface area contributed by atoms with Crippen molar-refractivity contribution < 1.29 is 28.0 Å². The first-order valence-corrected chi connectivity index (χ1v) is 10.8. The minimum Gasteiger partial charge on any atom is -0.338 e. The molecule has 0 spiro atoms. The number of carbonyl (C=O) groups is 4. The summed E-state index contributed by atoms with van der Waals surface area (Å²) in [6, 6.07) is 8.81. The van der Waals surface area contributed by atoms with Gasteiger partial charge in [-0.3, -0.25) is 19.3 Å². The van der Waals surface area contributed by atoms with Gasteiger partial charge in [-0.25, -0.2) is 13.6 Å². The topological polar surface area (TPSA) is 90.0 Å². The highest BCUT2D eigenvalue weighted by Crippen LogP contribution is 2.29. The van der Waals surface area contributed by atoms with E-state index < -0.39 is 41.6 Å². The Labute approximate surface area is 195 Å². The van der Waals surface area contributed by atoms with Crippen LogP contribution in [0.5, 0.6) is 0 Å². The summed E-state index contributed by atoms with van der Waals surface area (Å²) in [5, 5.41) is 2.58. The maximum absolute atomic E-state index is 13.8. The van der Waals surface area contributed by atoms with Crippen molar-refractivity contribution in [2.75, 3.05) is 32.7 Å². The summed E-state index contributed by atoms with van der Waals surface area (Å²) in [6.07, 6.45) is 0. The average molecular weight is 470 g/mol. The maximum atomic E-state index is 13.8. The van der Waals surface area contributed by atoms with E-state index in [1.54, 1.807) is 19.1 Å². The SMILES string of the molecule is Cc1ccc(C(=O)N2CCN(C(=O)CN3C(=O)NC(C)(c4ccc(F)cc4)C3=O)CC2)cc1F. The van der Waals surface area contributed by atoms with Crippen LogP contribution in [-0.4, -0.2) is 71.2 Å². The van der Waals surface area contributed by atoms with E-state index in [9.17, 15) is 28.0 Å². The zero-order valence-electron chi connectivity index (χ0n) is 18.8. The fourth-order valence-electron chi connectivity index (χ4n) is 4.12. The smallest absolute Gasteiger partial charge is 0.325 e. The van der Waals surface area contributed by atoms with E-state index in [-0.39, 0.29) is 37.6 Å². The molecule has 178 valence electrons. The fourth-order valence-corrected chi connectivity index (χ4v) is 4.12. The molecular formula is C24H24F2N4O4. The number of halogens is 2. The molecule has 2 aliphatic rings. The predicted octanol–water partition coefficient (Wildman–Crippen LogP) is 2.02. The third-order valence-electron chi connectivity index (χ3n) is 6.33. The van der Waals surface area contributed by atoms with E-state index in [0.29, 0.717) is 11.1 Å². The largest absolute Gasteiger partial charge is 0.338 e. The third-order valence-corrected chi connectivity index (χ3v) is 6.33. The van der Waals surface area contributed by atoms with Crippen LogP contribution in [0.1, 0.15) is 28.4 Å². The molecule has 5 amide bonds. The summed E-state index contributed by atoms with van der Waals surface area (Å²) < 4.78 is 27.1. The van der Waals surface area contributed by atoms with Gasteiger partial charge in [0.2, 0.25) is 5.91 Å². The normalized spacial score (nSPS) is 20.5. The molecule has 1 atom stereocenters. The standard InChI is InChI=1S/C24H24F2N4O4/c1-15-3-4-16(13-19(15)26)21(32)29-11-9-28(10-12-29)20(31)14-30-22(33)24(2,27-23(30)34)17-5-7-18(25)8-6-17/h3-8,13H,9-12,14H2,1-2H3,(H,27,34). The Morgan fingerprint density at radius 2 is 1.59 bits per heavy atom. The van der Waals surface area contributed by atoms with Crippen LogP contribution in [0.2, 0.25) is 0 Å². The molecule has 0 bridgehead atoms. The van der Waals surface area contributed by atoms with Gasteiger partial charge in [-0.15, -0.1) is 0 Å². The molecule has 10 heteroatoms. The Kier molecular flexibility index (Phi) is 6.07. The summed E-state index contributed by atoms with van der Waals surface area (Å²) in [5.41, 5.74) is -0.313. The van der Waals surface area contributed by atoms with Gasteiger partial charge in [0.05, 0.1) is 0 Å².